The highest BCUT2D eigenvalue weighted by atomic mass is 32.1. The minimum absolute atomic E-state index is 0.965. The van der Waals surface area contributed by atoms with Gasteiger partial charge in [-0.2, -0.15) is 0 Å². The maximum absolute atomic E-state index is 4.73. The maximum Gasteiger partial charge on any atom is 0.146 e. The Hall–Kier alpha value is -3.54. The van der Waals surface area contributed by atoms with Gasteiger partial charge in [-0.05, 0) is 30.3 Å². The van der Waals surface area contributed by atoms with Crippen LogP contribution in [0, 0.1) is 0 Å². The third kappa shape index (κ3) is 1.93. The molecule has 8 aromatic rings. The largest absolute Gasteiger partial charge is 0.298 e. The Bertz CT molecular complexity index is 2010. The Morgan fingerprint density at radius 2 is 1.45 bits per heavy atom. The summed E-state index contributed by atoms with van der Waals surface area (Å²) >= 11 is 3.77. The number of hydrogen-bond donors (Lipinski definition) is 0. The van der Waals surface area contributed by atoms with Gasteiger partial charge in [-0.1, -0.05) is 30.3 Å². The van der Waals surface area contributed by atoms with Crippen molar-refractivity contribution < 1.29 is 0 Å². The van der Waals surface area contributed by atoms with Crippen LogP contribution >= 0.6 is 22.7 Å². The standard InChI is InChI=1S/C26H13N3S2/c1-2-6-19-14(4-1)15-9-10-20-21(24(15)30-19)16-7-8-17-22-18(5-3-11-27-22)26-28-12-13-29(26)23(17)25(16)31-20/h1-13H. The van der Waals surface area contributed by atoms with Gasteiger partial charge < -0.3 is 0 Å². The van der Waals surface area contributed by atoms with Gasteiger partial charge in [-0.3, -0.25) is 9.38 Å². The molecule has 0 bridgehead atoms. The van der Waals surface area contributed by atoms with Gasteiger partial charge in [0.25, 0.3) is 0 Å². The molecule has 0 unspecified atom stereocenters. The van der Waals surface area contributed by atoms with Crippen molar-refractivity contribution in [1.82, 2.24) is 14.4 Å². The first kappa shape index (κ1) is 16.2. The average Bonchev–Trinajstić information content (AvgIpc) is 3.53. The minimum atomic E-state index is 0.965. The highest BCUT2D eigenvalue weighted by molar-refractivity contribution is 7.30. The predicted molar refractivity (Wildman–Crippen MR) is 134 cm³/mol. The summed E-state index contributed by atoms with van der Waals surface area (Å²) in [6.07, 6.45) is 5.83. The van der Waals surface area contributed by atoms with E-state index < -0.39 is 0 Å². The second kappa shape index (κ2) is 5.58. The van der Waals surface area contributed by atoms with Gasteiger partial charge in [0, 0.05) is 65.0 Å². The van der Waals surface area contributed by atoms with Crippen molar-refractivity contribution in [2.75, 3.05) is 0 Å². The van der Waals surface area contributed by atoms with Crippen LogP contribution in [0.3, 0.4) is 0 Å². The van der Waals surface area contributed by atoms with Gasteiger partial charge in [0.05, 0.1) is 15.7 Å². The number of nitrogens with zero attached hydrogens (tertiary/aromatic N) is 3. The van der Waals surface area contributed by atoms with Crippen LogP contribution in [0.1, 0.15) is 0 Å². The van der Waals surface area contributed by atoms with Gasteiger partial charge in [0.15, 0.2) is 0 Å². The number of fused-ring (bicyclic) bond motifs is 14. The third-order valence-electron chi connectivity index (χ3n) is 6.31. The highest BCUT2D eigenvalue weighted by Gasteiger charge is 2.18. The molecule has 0 spiro atoms. The molecule has 0 aliphatic carbocycles. The predicted octanol–water partition coefficient (Wildman–Crippen LogP) is 7.77. The van der Waals surface area contributed by atoms with E-state index in [1.807, 2.05) is 41.1 Å². The second-order valence-electron chi connectivity index (χ2n) is 7.87. The molecular formula is C26H13N3S2. The topological polar surface area (TPSA) is 30.2 Å². The zero-order chi connectivity index (χ0) is 20.1. The van der Waals surface area contributed by atoms with E-state index in [2.05, 4.69) is 70.2 Å². The molecule has 144 valence electrons. The number of pyridine rings is 2. The number of aromatic nitrogens is 3. The Morgan fingerprint density at radius 3 is 2.45 bits per heavy atom. The summed E-state index contributed by atoms with van der Waals surface area (Å²) in [6, 6.07) is 21.9. The molecule has 0 fully saturated rings. The molecule has 0 saturated carbocycles. The van der Waals surface area contributed by atoms with Crippen LogP contribution in [0.15, 0.2) is 79.3 Å². The minimum Gasteiger partial charge on any atom is -0.298 e. The number of thiophene rings is 2. The molecule has 0 aliphatic rings. The van der Waals surface area contributed by atoms with Crippen molar-refractivity contribution in [3.63, 3.8) is 0 Å². The summed E-state index contributed by atoms with van der Waals surface area (Å²) in [5.74, 6) is 0. The van der Waals surface area contributed by atoms with Gasteiger partial charge >= 0.3 is 0 Å². The maximum atomic E-state index is 4.73. The Balaban J connectivity index is 1.66. The molecule has 0 saturated heterocycles. The molecule has 5 heteroatoms. The Labute approximate surface area is 183 Å². The van der Waals surface area contributed by atoms with Gasteiger partial charge in [0.2, 0.25) is 0 Å². The van der Waals surface area contributed by atoms with Crippen molar-refractivity contribution >= 4 is 90.5 Å². The normalized spacial score (nSPS) is 12.5. The monoisotopic (exact) mass is 431 g/mol. The molecule has 5 aromatic heterocycles. The Kier molecular flexibility index (Phi) is 2.91. The van der Waals surface area contributed by atoms with Gasteiger partial charge in [0.1, 0.15) is 5.65 Å². The SMILES string of the molecule is c1ccc2c(c1)sc1c2ccc2sc3c(ccc4c5ncccc5c5nccn5c43)c21. The smallest absolute Gasteiger partial charge is 0.146 e. The molecular weight excluding hydrogens is 418 g/mol. The van der Waals surface area contributed by atoms with Crippen LogP contribution in [0.5, 0.6) is 0 Å². The number of benzene rings is 3. The molecule has 0 amide bonds. The van der Waals surface area contributed by atoms with Crippen LogP contribution in [0.4, 0.5) is 0 Å². The van der Waals surface area contributed by atoms with Gasteiger partial charge in [-0.15, -0.1) is 22.7 Å². The quantitative estimate of drug-likeness (QED) is 0.230. The molecule has 3 nitrogen and oxygen atoms in total. The lowest BCUT2D eigenvalue weighted by atomic mass is 10.1. The zero-order valence-corrected chi connectivity index (χ0v) is 17.8. The molecule has 8 rings (SSSR count). The molecule has 0 atom stereocenters. The summed E-state index contributed by atoms with van der Waals surface area (Å²) in [4.78, 5) is 9.40. The van der Waals surface area contributed by atoms with E-state index in [0.717, 1.165) is 16.6 Å². The lowest BCUT2D eigenvalue weighted by molar-refractivity contribution is 1.27. The van der Waals surface area contributed by atoms with E-state index in [-0.39, 0.29) is 0 Å². The average molecular weight is 432 g/mol. The van der Waals surface area contributed by atoms with Crippen molar-refractivity contribution in [2.45, 2.75) is 0 Å². The molecule has 5 heterocycles. The number of imidazole rings is 1. The fraction of sp³-hybridized carbons (Fsp3) is 0. The fourth-order valence-electron chi connectivity index (χ4n) is 5.01. The van der Waals surface area contributed by atoms with Crippen LogP contribution in [-0.2, 0) is 0 Å². The summed E-state index contributed by atoms with van der Waals surface area (Å²) in [6.45, 7) is 0. The van der Waals surface area contributed by atoms with Crippen molar-refractivity contribution in [3.8, 4) is 0 Å². The summed E-state index contributed by atoms with van der Waals surface area (Å²) < 4.78 is 7.59. The number of hydrogen-bond acceptors (Lipinski definition) is 4. The second-order valence-corrected chi connectivity index (χ2v) is 9.98. The van der Waals surface area contributed by atoms with E-state index in [1.54, 1.807) is 0 Å². The molecule has 0 N–H and O–H groups in total. The third-order valence-corrected chi connectivity index (χ3v) is 8.69. The van der Waals surface area contributed by atoms with Crippen LogP contribution in [0.25, 0.3) is 67.8 Å². The van der Waals surface area contributed by atoms with Crippen molar-refractivity contribution in [3.05, 3.63) is 79.3 Å². The molecule has 0 radical (unpaired) electrons. The van der Waals surface area contributed by atoms with E-state index in [0.29, 0.717) is 0 Å². The van der Waals surface area contributed by atoms with E-state index in [1.165, 1.54) is 51.2 Å². The summed E-state index contributed by atoms with van der Waals surface area (Å²) in [5.41, 5.74) is 3.18. The summed E-state index contributed by atoms with van der Waals surface area (Å²) in [7, 11) is 0. The lowest BCUT2D eigenvalue weighted by Crippen LogP contribution is -1.92. The first-order valence-electron chi connectivity index (χ1n) is 10.2. The molecule has 0 aliphatic heterocycles. The van der Waals surface area contributed by atoms with E-state index in [4.69, 9.17) is 4.98 Å². The number of rotatable bonds is 0. The van der Waals surface area contributed by atoms with Gasteiger partial charge in [-0.25, -0.2) is 4.98 Å². The van der Waals surface area contributed by atoms with Crippen molar-refractivity contribution in [2.24, 2.45) is 0 Å². The first-order valence-corrected chi connectivity index (χ1v) is 11.8. The fourth-order valence-corrected chi connectivity index (χ4v) is 7.59. The van der Waals surface area contributed by atoms with Crippen LogP contribution < -0.4 is 0 Å². The molecule has 3 aromatic carbocycles. The lowest BCUT2D eigenvalue weighted by Gasteiger charge is -2.08. The van der Waals surface area contributed by atoms with E-state index >= 15 is 0 Å². The van der Waals surface area contributed by atoms with Crippen molar-refractivity contribution in [1.29, 1.82) is 0 Å². The highest BCUT2D eigenvalue weighted by Crippen LogP contribution is 2.46. The molecule has 31 heavy (non-hydrogen) atoms. The Morgan fingerprint density at radius 1 is 0.613 bits per heavy atom. The first-order chi connectivity index (χ1) is 15.4. The summed E-state index contributed by atoms with van der Waals surface area (Å²) in [5, 5.41) is 7.64. The van der Waals surface area contributed by atoms with Crippen LogP contribution in [0.2, 0.25) is 0 Å². The van der Waals surface area contributed by atoms with Crippen LogP contribution in [-0.4, -0.2) is 14.4 Å². The zero-order valence-electron chi connectivity index (χ0n) is 16.2. The van der Waals surface area contributed by atoms with E-state index in [9.17, 15) is 0 Å².